The average molecular weight is 330 g/mol. The van der Waals surface area contributed by atoms with Crippen molar-refractivity contribution in [3.8, 4) is 0 Å². The van der Waals surface area contributed by atoms with Gasteiger partial charge in [-0.1, -0.05) is 43.7 Å². The van der Waals surface area contributed by atoms with E-state index in [1.54, 1.807) is 6.92 Å². The van der Waals surface area contributed by atoms with Crippen molar-refractivity contribution in [2.45, 2.75) is 44.8 Å². The van der Waals surface area contributed by atoms with Crippen LogP contribution < -0.4 is 0 Å². The van der Waals surface area contributed by atoms with Gasteiger partial charge in [0, 0.05) is 5.57 Å². The van der Waals surface area contributed by atoms with Crippen LogP contribution in [0.4, 0.5) is 0 Å². The Hall–Kier alpha value is -2.14. The first-order chi connectivity index (χ1) is 11.6. The second-order valence-corrected chi connectivity index (χ2v) is 5.98. The van der Waals surface area contributed by atoms with E-state index in [4.69, 9.17) is 14.2 Å². The van der Waals surface area contributed by atoms with E-state index < -0.39 is 17.7 Å². The molecule has 0 aliphatic carbocycles. The number of carbonyl (C=O) groups is 2. The molecule has 2 aliphatic heterocycles. The van der Waals surface area contributed by atoms with Crippen molar-refractivity contribution in [1.29, 1.82) is 0 Å². The van der Waals surface area contributed by atoms with Crippen LogP contribution in [0.25, 0.3) is 0 Å². The molecule has 2 heterocycles. The fourth-order valence-corrected chi connectivity index (χ4v) is 3.60. The van der Waals surface area contributed by atoms with Gasteiger partial charge in [0.15, 0.2) is 5.57 Å². The first-order valence-corrected chi connectivity index (χ1v) is 8.47. The molecule has 24 heavy (non-hydrogen) atoms. The van der Waals surface area contributed by atoms with Gasteiger partial charge in [0.2, 0.25) is 5.79 Å². The van der Waals surface area contributed by atoms with Gasteiger partial charge in [-0.05, 0) is 25.3 Å². The molecular formula is C19H22O5. The normalized spacial score (nSPS) is 26.1. The Morgan fingerprint density at radius 1 is 1.29 bits per heavy atom. The predicted octanol–water partition coefficient (Wildman–Crippen LogP) is 3.10. The predicted molar refractivity (Wildman–Crippen MR) is 87.1 cm³/mol. The van der Waals surface area contributed by atoms with E-state index in [-0.39, 0.29) is 18.1 Å². The summed E-state index contributed by atoms with van der Waals surface area (Å²) in [5, 5.41) is 0. The van der Waals surface area contributed by atoms with Crippen LogP contribution in [0.15, 0.2) is 41.5 Å². The first kappa shape index (κ1) is 16.7. The summed E-state index contributed by atoms with van der Waals surface area (Å²) in [5.41, 5.74) is 1.68. The monoisotopic (exact) mass is 330 g/mol. The maximum Gasteiger partial charge on any atom is 0.348 e. The van der Waals surface area contributed by atoms with E-state index in [9.17, 15) is 9.59 Å². The van der Waals surface area contributed by atoms with Crippen LogP contribution in [0.3, 0.4) is 0 Å². The van der Waals surface area contributed by atoms with Gasteiger partial charge in [0.05, 0.1) is 19.1 Å². The zero-order valence-corrected chi connectivity index (χ0v) is 14.0. The van der Waals surface area contributed by atoms with Crippen molar-refractivity contribution in [3.05, 3.63) is 47.0 Å². The maximum absolute atomic E-state index is 12.5. The third-order valence-electron chi connectivity index (χ3n) is 4.53. The van der Waals surface area contributed by atoms with E-state index in [2.05, 4.69) is 0 Å². The smallest absolute Gasteiger partial charge is 0.348 e. The minimum absolute atomic E-state index is 0.0153. The zero-order chi connectivity index (χ0) is 17.2. The van der Waals surface area contributed by atoms with Gasteiger partial charge < -0.3 is 14.2 Å². The number of benzene rings is 1. The van der Waals surface area contributed by atoms with Crippen molar-refractivity contribution < 1.29 is 23.8 Å². The molecule has 5 heteroatoms. The molecular weight excluding hydrogens is 308 g/mol. The molecule has 2 aliphatic rings. The van der Waals surface area contributed by atoms with E-state index in [0.29, 0.717) is 18.6 Å². The minimum Gasteiger partial charge on any atom is -0.462 e. The van der Waals surface area contributed by atoms with Gasteiger partial charge >= 0.3 is 11.9 Å². The Balaban J connectivity index is 2.08. The average Bonchev–Trinajstić information content (AvgIpc) is 3.11. The second kappa shape index (κ2) is 6.77. The number of ether oxygens (including phenoxy) is 3. The topological polar surface area (TPSA) is 61.8 Å². The molecule has 1 saturated heterocycles. The van der Waals surface area contributed by atoms with Crippen LogP contribution in [0.1, 0.15) is 44.6 Å². The highest BCUT2D eigenvalue weighted by atomic mass is 16.7. The van der Waals surface area contributed by atoms with Gasteiger partial charge in [-0.2, -0.15) is 0 Å². The molecule has 3 rings (SSSR count). The lowest BCUT2D eigenvalue weighted by molar-refractivity contribution is -0.190. The number of hydrogen-bond acceptors (Lipinski definition) is 5. The minimum atomic E-state index is -1.17. The second-order valence-electron chi connectivity index (χ2n) is 5.98. The summed E-state index contributed by atoms with van der Waals surface area (Å²) in [6.45, 7) is 4.41. The van der Waals surface area contributed by atoms with Gasteiger partial charge in [-0.3, -0.25) is 0 Å². The van der Waals surface area contributed by atoms with Crippen molar-refractivity contribution in [2.24, 2.45) is 0 Å². The molecule has 0 bridgehead atoms. The number of esters is 2. The molecule has 1 aromatic carbocycles. The quantitative estimate of drug-likeness (QED) is 0.613. The first-order valence-electron chi connectivity index (χ1n) is 8.47. The van der Waals surface area contributed by atoms with Gasteiger partial charge in [-0.15, -0.1) is 0 Å². The lowest BCUT2D eigenvalue weighted by Gasteiger charge is -2.31. The Kier molecular flexibility index (Phi) is 4.71. The molecule has 0 amide bonds. The molecule has 1 fully saturated rings. The summed E-state index contributed by atoms with van der Waals surface area (Å²) >= 11 is 0. The van der Waals surface area contributed by atoms with Crippen LogP contribution in [0, 0.1) is 0 Å². The molecule has 0 saturated carbocycles. The Morgan fingerprint density at radius 3 is 2.71 bits per heavy atom. The van der Waals surface area contributed by atoms with Crippen molar-refractivity contribution in [2.75, 3.05) is 13.2 Å². The molecule has 1 aromatic rings. The molecule has 2 unspecified atom stereocenters. The van der Waals surface area contributed by atoms with Crippen molar-refractivity contribution in [1.82, 2.24) is 0 Å². The fraction of sp³-hybridized carbons (Fsp3) is 0.474. The third kappa shape index (κ3) is 2.63. The summed E-state index contributed by atoms with van der Waals surface area (Å²) in [6.07, 6.45) is 2.07. The lowest BCUT2D eigenvalue weighted by atomic mass is 9.83. The molecule has 5 nitrogen and oxygen atoms in total. The molecule has 0 radical (unpaired) electrons. The lowest BCUT2D eigenvalue weighted by Crippen LogP contribution is -2.37. The van der Waals surface area contributed by atoms with Crippen LogP contribution in [-0.2, 0) is 23.8 Å². The molecule has 0 N–H and O–H groups in total. The summed E-state index contributed by atoms with van der Waals surface area (Å²) in [6, 6.07) is 9.85. The van der Waals surface area contributed by atoms with E-state index in [0.717, 1.165) is 18.4 Å². The van der Waals surface area contributed by atoms with Crippen molar-refractivity contribution in [3.63, 3.8) is 0 Å². The molecule has 1 spiro atoms. The van der Waals surface area contributed by atoms with E-state index in [1.807, 2.05) is 37.3 Å². The van der Waals surface area contributed by atoms with Gasteiger partial charge in [0.1, 0.15) is 0 Å². The Labute approximate surface area is 141 Å². The third-order valence-corrected chi connectivity index (χ3v) is 4.53. The maximum atomic E-state index is 12.5. The SMILES string of the molecule is CCCC1=C(C(=O)OCC)C(=O)OC12OCCC2c1ccccc1. The largest absolute Gasteiger partial charge is 0.462 e. The highest BCUT2D eigenvalue weighted by Crippen LogP contribution is 2.51. The summed E-state index contributed by atoms with van der Waals surface area (Å²) in [5.74, 6) is -2.54. The van der Waals surface area contributed by atoms with Crippen molar-refractivity contribution >= 4 is 11.9 Å². The van der Waals surface area contributed by atoms with E-state index >= 15 is 0 Å². The van der Waals surface area contributed by atoms with Crippen LogP contribution in [-0.4, -0.2) is 30.9 Å². The highest BCUT2D eigenvalue weighted by Gasteiger charge is 2.58. The zero-order valence-electron chi connectivity index (χ0n) is 14.0. The molecule has 128 valence electrons. The standard InChI is InChI=1S/C19H22O5/c1-3-8-15-16(17(20)22-4-2)18(21)24-19(15)14(11-12-23-19)13-9-6-5-7-10-13/h5-7,9-10,14H,3-4,8,11-12H2,1-2H3. The summed E-state index contributed by atoms with van der Waals surface area (Å²) < 4.78 is 16.7. The van der Waals surface area contributed by atoms with E-state index in [1.165, 1.54) is 0 Å². The van der Waals surface area contributed by atoms with Crippen LogP contribution in [0.5, 0.6) is 0 Å². The summed E-state index contributed by atoms with van der Waals surface area (Å²) in [7, 11) is 0. The highest BCUT2D eigenvalue weighted by molar-refractivity contribution is 6.16. The molecule has 0 aromatic heterocycles. The van der Waals surface area contributed by atoms with Crippen LogP contribution in [0.2, 0.25) is 0 Å². The van der Waals surface area contributed by atoms with Crippen LogP contribution >= 0.6 is 0 Å². The number of carbonyl (C=O) groups excluding carboxylic acids is 2. The molecule has 2 atom stereocenters. The fourth-order valence-electron chi connectivity index (χ4n) is 3.60. The Morgan fingerprint density at radius 2 is 2.04 bits per heavy atom. The summed E-state index contributed by atoms with van der Waals surface area (Å²) in [4.78, 5) is 24.7. The van der Waals surface area contributed by atoms with Gasteiger partial charge in [-0.25, -0.2) is 9.59 Å². The van der Waals surface area contributed by atoms with Gasteiger partial charge in [0.25, 0.3) is 0 Å². The Bertz CT molecular complexity index is 664. The number of rotatable bonds is 5. The number of hydrogen-bond donors (Lipinski definition) is 0.